The van der Waals surface area contributed by atoms with Crippen molar-refractivity contribution in [2.24, 2.45) is 27.0 Å². The van der Waals surface area contributed by atoms with E-state index in [0.29, 0.717) is 49.5 Å². The number of halogens is 1. The Balaban J connectivity index is 0.000000136. The van der Waals surface area contributed by atoms with E-state index in [2.05, 4.69) is 90.7 Å². The molecule has 0 aromatic carbocycles. The first kappa shape index (κ1) is 86.8. The molecule has 37 heteroatoms. The van der Waals surface area contributed by atoms with Crippen molar-refractivity contribution in [2.75, 3.05) is 110 Å². The minimum atomic E-state index is -0.564. The van der Waals surface area contributed by atoms with Gasteiger partial charge in [0.15, 0.2) is 50.3 Å². The zero-order valence-corrected chi connectivity index (χ0v) is 74.5. The van der Waals surface area contributed by atoms with Gasteiger partial charge in [0.25, 0.3) is 12.3 Å². The number of fused-ring (bicyclic) bond motifs is 5. The molecule has 36 nitrogen and oxygen atoms in total. The molecule has 2 unspecified atom stereocenters. The Bertz CT molecular complexity index is 5200. The van der Waals surface area contributed by atoms with E-state index in [1.807, 2.05) is 109 Å². The quantitative estimate of drug-likeness (QED) is 0.0561. The largest absolute Gasteiger partial charge is 0.483 e. The van der Waals surface area contributed by atoms with Gasteiger partial charge in [0.2, 0.25) is 11.7 Å². The molecular weight excluding hydrogens is 1690 g/mol. The molecule has 0 bridgehead atoms. The number of aromatic nitrogens is 14. The number of anilines is 6. The lowest BCUT2D eigenvalue weighted by Crippen LogP contribution is -2.55. The monoisotopic (exact) mass is 1800 g/mol. The molecule has 5 N–H and O–H groups in total. The average Bonchev–Trinajstić information content (AvgIpc) is 1.60. The number of amides is 2. The number of aryl methyl sites for hydroxylation is 2. The molecule has 8 fully saturated rings. The third kappa shape index (κ3) is 18.3. The maximum absolute atomic E-state index is 12.7. The smallest absolute Gasteiger partial charge is 0.407 e. The van der Waals surface area contributed by atoms with Gasteiger partial charge in [0, 0.05) is 100 Å². The first-order valence-corrected chi connectivity index (χ1v) is 44.7. The minimum absolute atomic E-state index is 0.0582. The van der Waals surface area contributed by atoms with Gasteiger partial charge in [0.1, 0.15) is 45.6 Å². The van der Waals surface area contributed by atoms with Gasteiger partial charge in [-0.2, -0.15) is 10.1 Å². The fourth-order valence-corrected chi connectivity index (χ4v) is 19.8. The number of amidine groups is 1. The summed E-state index contributed by atoms with van der Waals surface area (Å²) in [4.78, 5) is 97.1. The summed E-state index contributed by atoms with van der Waals surface area (Å²) in [5.74, 6) is 5.93. The predicted molar refractivity (Wildman–Crippen MR) is 467 cm³/mol. The van der Waals surface area contributed by atoms with E-state index in [-0.39, 0.29) is 83.6 Å². The summed E-state index contributed by atoms with van der Waals surface area (Å²) < 4.78 is 51.4. The highest BCUT2D eigenvalue weighted by molar-refractivity contribution is 14.1. The van der Waals surface area contributed by atoms with Crippen molar-refractivity contribution in [2.45, 2.75) is 251 Å². The Morgan fingerprint density at radius 1 is 0.610 bits per heavy atom. The summed E-state index contributed by atoms with van der Waals surface area (Å²) in [6.45, 7) is 39.2. The molecule has 0 saturated carbocycles. The normalized spacial score (nSPS) is 24.5. The molecule has 123 heavy (non-hydrogen) atoms. The second-order valence-electron chi connectivity index (χ2n) is 36.6. The number of nitrogens with two attached hydrogens (primary N) is 1. The number of nitrogens with one attached hydrogen (secondary N) is 2. The van der Waals surface area contributed by atoms with E-state index >= 15 is 0 Å². The van der Waals surface area contributed by atoms with Crippen LogP contribution in [-0.4, -0.2) is 232 Å². The predicted octanol–water partition coefficient (Wildman–Crippen LogP) is 12.3. The summed E-state index contributed by atoms with van der Waals surface area (Å²) in [7, 11) is 0. The highest BCUT2D eigenvalue weighted by Gasteiger charge is 2.53. The van der Waals surface area contributed by atoms with Crippen molar-refractivity contribution in [3.8, 4) is 11.5 Å². The Hall–Kier alpha value is -9.72. The van der Waals surface area contributed by atoms with Crippen LogP contribution in [0.4, 0.5) is 50.1 Å². The fraction of sp³-hybridized carbons (Fsp3) is 0.640. The summed E-state index contributed by atoms with van der Waals surface area (Å²) in [6, 6.07) is 7.68. The van der Waals surface area contributed by atoms with Crippen molar-refractivity contribution in [1.29, 1.82) is 0 Å². The molecule has 2 amide bonds. The standard InChI is InChI=1S/C33H43N9O4.C28H35N9O2.C24H35IN6O4.CH2O2/c1-21-28(38-31(43)46-32(2,3)4)33(20-45-21)13-16-40(17-14-33)25-19-35-27-29(37-25)42(26-10-6-7-18-44-26)39-30(27)41-15-8-9-22-23(41)11-12-24(34-5)36-22;1-16(2)27-34-25(35-39-27)19-6-7-21-18(32-19)5-4-10-37(21)26-23-20(13-31-26)33-22(14-30-23)36-11-8-28(9-12-36)15-38-17(3)24(28)29;1-15-19(28-22(32)35-23(2,3)4)24(14-34-15)8-10-30(11-9-24)16-13-26-18-20(25)29-31(21(18)27-16)17-7-5-6-12-33-17;2-1-3/h11-12,19,21,26,28H,6-10,13-18,20H2,1-4H3,(H,38,43);6-7,14,16-17,24H,4-5,8-13,15,29H2,1-3H3;13,15,17,19H,5-12,14H2,1-4H3,(H,28,32);1H,(H,2,3)/t21-,26?,28+;17-,24+;15-,17?,19+;/m000./s1. The van der Waals surface area contributed by atoms with E-state index in [1.54, 1.807) is 6.07 Å². The van der Waals surface area contributed by atoms with Crippen LogP contribution >= 0.6 is 22.6 Å². The number of hydrogen-bond acceptors (Lipinski definition) is 30. The number of rotatable bonds is 10. The second-order valence-corrected chi connectivity index (χ2v) is 37.6. The summed E-state index contributed by atoms with van der Waals surface area (Å²) in [5, 5.41) is 27.1. The molecule has 11 aliphatic heterocycles. The Kier molecular flexibility index (Phi) is 25.5. The lowest BCUT2D eigenvalue weighted by molar-refractivity contribution is -0.122. The number of nitrogens with zero attached hydrogens (tertiary/aromatic N) is 21. The summed E-state index contributed by atoms with van der Waals surface area (Å²) in [6.07, 6.45) is 19.7. The van der Waals surface area contributed by atoms with Crippen LogP contribution < -0.4 is 40.9 Å². The molecule has 8 aromatic rings. The molecule has 0 radical (unpaired) electrons. The Labute approximate surface area is 729 Å². The van der Waals surface area contributed by atoms with Crippen LogP contribution in [0.5, 0.6) is 0 Å². The highest BCUT2D eigenvalue weighted by Crippen LogP contribution is 2.48. The fourth-order valence-electron chi connectivity index (χ4n) is 19.2. The number of pyridine rings is 2. The number of piperidine rings is 3. The third-order valence-corrected chi connectivity index (χ3v) is 26.5. The van der Waals surface area contributed by atoms with Gasteiger partial charge in [-0.25, -0.2) is 53.8 Å². The molecule has 658 valence electrons. The van der Waals surface area contributed by atoms with Crippen molar-refractivity contribution < 1.29 is 57.2 Å². The molecule has 19 rings (SSSR count). The van der Waals surface area contributed by atoms with Gasteiger partial charge in [-0.3, -0.25) is 9.79 Å². The number of carboxylic acid groups (broad SMARTS) is 1. The number of ether oxygens (including phenoxy) is 7. The molecular formula is C86H115IN24O12. The molecule has 8 atom stereocenters. The molecule has 8 saturated heterocycles. The first-order valence-electron chi connectivity index (χ1n) is 43.6. The molecule has 3 spiro atoms. The SMILES string of the molecule is CC(C)c1nc(-c2ccc3c(n2)CCCN3C2=NCc3nc(N4CCC5(CC4)CO[C@@H](C)[C@H]5N)cnc32)no1.C[C@@H]1OCC2(CCN(c3cnc4c(I)nn(C5CCCCO5)c4n3)CC2)[C@@H]1NC(=O)OC(C)(C)C.O=CO.[C-]#[N+]c1ccc2c(n1)CCCN2c1nn(C2CCCCO2)c2nc(N3CCC4(CC3)CO[C@@H](C)[C@H]4NC(=O)OC(C)(C)C)cnc12. The Morgan fingerprint density at radius 2 is 1.11 bits per heavy atom. The second kappa shape index (κ2) is 36.1. The maximum Gasteiger partial charge on any atom is 0.407 e. The van der Waals surface area contributed by atoms with Crippen LogP contribution in [0.3, 0.4) is 0 Å². The molecule has 19 heterocycles. The topological polar surface area (TPSA) is 397 Å². The van der Waals surface area contributed by atoms with Crippen LogP contribution in [0.2, 0.25) is 0 Å². The third-order valence-electron chi connectivity index (χ3n) is 25.8. The number of carbonyl (C=O) groups excluding carboxylic acids is 2. The van der Waals surface area contributed by atoms with Gasteiger partial charge in [0.05, 0.1) is 98.1 Å². The van der Waals surface area contributed by atoms with E-state index in [1.165, 1.54) is 0 Å². The van der Waals surface area contributed by atoms with Crippen molar-refractivity contribution >= 4 is 110 Å². The van der Waals surface area contributed by atoms with Crippen molar-refractivity contribution in [3.63, 3.8) is 0 Å². The zero-order valence-electron chi connectivity index (χ0n) is 72.3. The van der Waals surface area contributed by atoms with E-state index in [4.69, 9.17) is 110 Å². The van der Waals surface area contributed by atoms with Crippen LogP contribution in [0.1, 0.15) is 213 Å². The minimum Gasteiger partial charge on any atom is -0.483 e. The van der Waals surface area contributed by atoms with Gasteiger partial charge >= 0.3 is 12.2 Å². The summed E-state index contributed by atoms with van der Waals surface area (Å²) >= 11 is 2.22. The number of alkyl carbamates (subject to hydrolysis) is 2. The van der Waals surface area contributed by atoms with Crippen molar-refractivity contribution in [3.05, 3.63) is 86.6 Å². The lowest BCUT2D eigenvalue weighted by Gasteiger charge is -2.42. The molecule has 11 aliphatic rings. The first-order chi connectivity index (χ1) is 59.1. The van der Waals surface area contributed by atoms with E-state index in [9.17, 15) is 9.59 Å². The van der Waals surface area contributed by atoms with Crippen LogP contribution in [0.15, 0.2) is 52.4 Å². The van der Waals surface area contributed by atoms with Crippen LogP contribution in [0.25, 0.3) is 38.7 Å². The van der Waals surface area contributed by atoms with Gasteiger partial charge in [-0.05, 0) is 205 Å². The summed E-state index contributed by atoms with van der Waals surface area (Å²) in [5.41, 5.74) is 14.7. The molecule has 8 aromatic heterocycles. The zero-order chi connectivity index (χ0) is 86.3. The maximum atomic E-state index is 12.7. The number of hydrogen-bond donors (Lipinski definition) is 4. The Morgan fingerprint density at radius 3 is 1.63 bits per heavy atom. The van der Waals surface area contributed by atoms with E-state index in [0.717, 1.165) is 258 Å². The van der Waals surface area contributed by atoms with Gasteiger partial charge in [-0.15, -0.1) is 10.1 Å². The van der Waals surface area contributed by atoms with Crippen LogP contribution in [0, 0.1) is 26.5 Å². The highest BCUT2D eigenvalue weighted by atomic mass is 127. The van der Waals surface area contributed by atoms with E-state index < -0.39 is 17.3 Å². The molecule has 0 aliphatic carbocycles. The van der Waals surface area contributed by atoms with Gasteiger partial charge < -0.3 is 88.5 Å². The van der Waals surface area contributed by atoms with Crippen molar-refractivity contribution in [1.82, 2.24) is 80.2 Å². The lowest BCUT2D eigenvalue weighted by atomic mass is 9.73. The number of aliphatic imine (C=N–C) groups is 1. The number of carbonyl (C=O) groups is 3. The van der Waals surface area contributed by atoms with Crippen LogP contribution in [-0.2, 0) is 57.3 Å². The van der Waals surface area contributed by atoms with Gasteiger partial charge in [-0.1, -0.05) is 25.6 Å². The average molecular weight is 1800 g/mol.